The summed E-state index contributed by atoms with van der Waals surface area (Å²) in [5.74, 6) is -2.07. The molecule has 24 heavy (non-hydrogen) atoms. The van der Waals surface area contributed by atoms with Crippen molar-refractivity contribution in [1.82, 2.24) is 5.32 Å². The molecule has 1 atom stereocenters. The predicted molar refractivity (Wildman–Crippen MR) is 80.5 cm³/mol. The average molecular weight is 347 g/mol. The summed E-state index contributed by atoms with van der Waals surface area (Å²) in [7, 11) is 0. The van der Waals surface area contributed by atoms with Gasteiger partial charge in [0.15, 0.2) is 0 Å². The van der Waals surface area contributed by atoms with E-state index in [0.717, 1.165) is 0 Å². The quantitative estimate of drug-likeness (QED) is 0.757. The van der Waals surface area contributed by atoms with Crippen molar-refractivity contribution in [2.75, 3.05) is 0 Å². The van der Waals surface area contributed by atoms with Crippen LogP contribution < -0.4 is 10.1 Å². The number of carbonyl (C=O) groups excluding carboxylic acids is 1. The van der Waals surface area contributed by atoms with Crippen molar-refractivity contribution in [3.8, 4) is 5.75 Å². The number of alkyl halides is 3. The largest absolute Gasteiger partial charge is 0.573 e. The normalized spacial score (nSPS) is 13.9. The molecule has 0 aliphatic carbocycles. The number of carbonyl (C=O) groups is 2. The van der Waals surface area contributed by atoms with Crippen LogP contribution in [0.1, 0.15) is 38.7 Å². The topological polar surface area (TPSA) is 75.6 Å². The van der Waals surface area contributed by atoms with Gasteiger partial charge in [-0.05, 0) is 31.4 Å². The van der Waals surface area contributed by atoms with Crippen molar-refractivity contribution >= 4 is 11.9 Å². The van der Waals surface area contributed by atoms with Crippen LogP contribution in [0, 0.1) is 0 Å². The second-order valence-electron chi connectivity index (χ2n) is 5.59. The van der Waals surface area contributed by atoms with E-state index in [1.807, 2.05) is 0 Å². The molecule has 0 radical (unpaired) electrons. The van der Waals surface area contributed by atoms with Crippen molar-refractivity contribution in [1.29, 1.82) is 0 Å². The highest BCUT2D eigenvalue weighted by Crippen LogP contribution is 2.27. The fraction of sp³-hybridized carbons (Fsp3) is 0.500. The summed E-state index contributed by atoms with van der Waals surface area (Å²) in [4.78, 5) is 23.2. The molecular weight excluding hydrogens is 327 g/mol. The standard InChI is InChI=1S/C16H20F3NO4/c1-3-10-15(2,14(22)23)20-13(21)9-8-11-6-4-5-7-12(11)24-16(17,18)19/h4-7H,3,8-10H2,1-2H3,(H,20,21)(H,22,23). The Morgan fingerprint density at radius 3 is 2.42 bits per heavy atom. The van der Waals surface area contributed by atoms with Crippen LogP contribution in [0.15, 0.2) is 24.3 Å². The Kier molecular flexibility index (Phi) is 6.62. The Hall–Kier alpha value is -2.25. The number of rotatable bonds is 8. The first kappa shape index (κ1) is 19.8. The van der Waals surface area contributed by atoms with E-state index < -0.39 is 23.8 Å². The van der Waals surface area contributed by atoms with Gasteiger partial charge in [0.1, 0.15) is 11.3 Å². The van der Waals surface area contributed by atoms with Crippen molar-refractivity contribution in [3.05, 3.63) is 29.8 Å². The molecule has 0 aliphatic heterocycles. The number of nitrogens with one attached hydrogen (secondary N) is 1. The molecule has 1 unspecified atom stereocenters. The first-order valence-electron chi connectivity index (χ1n) is 7.45. The number of carboxylic acid groups (broad SMARTS) is 1. The highest BCUT2D eigenvalue weighted by atomic mass is 19.4. The zero-order valence-corrected chi connectivity index (χ0v) is 13.4. The first-order valence-corrected chi connectivity index (χ1v) is 7.45. The Labute approximate surface area is 137 Å². The van der Waals surface area contributed by atoms with Gasteiger partial charge in [-0.3, -0.25) is 4.79 Å². The molecule has 5 nitrogen and oxygen atoms in total. The van der Waals surface area contributed by atoms with Crippen molar-refractivity contribution in [2.45, 2.75) is 51.4 Å². The number of aryl methyl sites for hydroxylation is 1. The lowest BCUT2D eigenvalue weighted by molar-refractivity contribution is -0.274. The van der Waals surface area contributed by atoms with E-state index in [9.17, 15) is 27.9 Å². The van der Waals surface area contributed by atoms with Crippen LogP contribution in [0.2, 0.25) is 0 Å². The van der Waals surface area contributed by atoms with Gasteiger partial charge in [0.2, 0.25) is 5.91 Å². The maximum atomic E-state index is 12.3. The number of amides is 1. The van der Waals surface area contributed by atoms with Gasteiger partial charge in [0.05, 0.1) is 0 Å². The van der Waals surface area contributed by atoms with Crippen LogP contribution in [0.25, 0.3) is 0 Å². The molecule has 8 heteroatoms. The molecule has 0 saturated carbocycles. The molecule has 1 aromatic rings. The van der Waals surface area contributed by atoms with Crippen LogP contribution in [0.3, 0.4) is 0 Å². The van der Waals surface area contributed by atoms with E-state index in [1.54, 1.807) is 6.92 Å². The first-order chi connectivity index (χ1) is 11.1. The zero-order valence-electron chi connectivity index (χ0n) is 13.4. The smallest absolute Gasteiger partial charge is 0.480 e. The van der Waals surface area contributed by atoms with Gasteiger partial charge >= 0.3 is 12.3 Å². The molecular formula is C16H20F3NO4. The molecule has 0 heterocycles. The number of para-hydroxylation sites is 1. The number of halogens is 3. The number of hydrogen-bond donors (Lipinski definition) is 2. The van der Waals surface area contributed by atoms with Crippen LogP contribution in [-0.2, 0) is 16.0 Å². The highest BCUT2D eigenvalue weighted by Gasteiger charge is 2.34. The molecule has 0 bridgehead atoms. The van der Waals surface area contributed by atoms with E-state index in [-0.39, 0.29) is 30.6 Å². The lowest BCUT2D eigenvalue weighted by atomic mass is 9.96. The summed E-state index contributed by atoms with van der Waals surface area (Å²) in [6.07, 6.45) is -4.15. The number of carboxylic acids is 1. The number of benzene rings is 1. The van der Waals surface area contributed by atoms with E-state index >= 15 is 0 Å². The van der Waals surface area contributed by atoms with Gasteiger partial charge in [0, 0.05) is 6.42 Å². The number of aliphatic carboxylic acids is 1. The number of ether oxygens (including phenoxy) is 1. The van der Waals surface area contributed by atoms with E-state index in [2.05, 4.69) is 10.1 Å². The Bertz CT molecular complexity index is 589. The maximum absolute atomic E-state index is 12.3. The second-order valence-corrected chi connectivity index (χ2v) is 5.59. The summed E-state index contributed by atoms with van der Waals surface area (Å²) < 4.78 is 41.0. The lowest BCUT2D eigenvalue weighted by Crippen LogP contribution is -2.52. The van der Waals surface area contributed by atoms with Gasteiger partial charge in [-0.1, -0.05) is 31.5 Å². The van der Waals surface area contributed by atoms with Gasteiger partial charge in [-0.2, -0.15) is 0 Å². The summed E-state index contributed by atoms with van der Waals surface area (Å²) >= 11 is 0. The SMILES string of the molecule is CCCC(C)(NC(=O)CCc1ccccc1OC(F)(F)F)C(=O)O. The Morgan fingerprint density at radius 1 is 1.25 bits per heavy atom. The second kappa shape index (κ2) is 8.03. The third kappa shape index (κ3) is 6.10. The maximum Gasteiger partial charge on any atom is 0.573 e. The zero-order chi connectivity index (χ0) is 18.4. The summed E-state index contributed by atoms with van der Waals surface area (Å²) in [5.41, 5.74) is -1.18. The van der Waals surface area contributed by atoms with Crippen LogP contribution in [0.4, 0.5) is 13.2 Å². The molecule has 1 rings (SSSR count). The van der Waals surface area contributed by atoms with Gasteiger partial charge in [-0.25, -0.2) is 4.79 Å². The van der Waals surface area contributed by atoms with Gasteiger partial charge in [-0.15, -0.1) is 13.2 Å². The summed E-state index contributed by atoms with van der Waals surface area (Å²) in [6, 6.07) is 5.53. The molecule has 0 saturated heterocycles. The third-order valence-corrected chi connectivity index (χ3v) is 3.46. The number of hydrogen-bond acceptors (Lipinski definition) is 3. The Morgan fingerprint density at radius 2 is 1.88 bits per heavy atom. The average Bonchev–Trinajstić information content (AvgIpc) is 2.44. The molecule has 0 fully saturated rings. The van der Waals surface area contributed by atoms with Crippen molar-refractivity contribution in [3.63, 3.8) is 0 Å². The summed E-state index contributed by atoms with van der Waals surface area (Å²) in [6.45, 7) is 3.19. The Balaban J connectivity index is 2.73. The molecule has 0 aromatic heterocycles. The van der Waals surface area contributed by atoms with E-state index in [0.29, 0.717) is 6.42 Å². The predicted octanol–water partition coefficient (Wildman–Crippen LogP) is 3.28. The minimum atomic E-state index is -4.82. The van der Waals surface area contributed by atoms with Crippen LogP contribution in [-0.4, -0.2) is 28.9 Å². The minimum absolute atomic E-state index is 0.0000886. The molecule has 0 spiro atoms. The third-order valence-electron chi connectivity index (χ3n) is 3.46. The van der Waals surface area contributed by atoms with Gasteiger partial charge in [0.25, 0.3) is 0 Å². The monoisotopic (exact) mass is 347 g/mol. The van der Waals surface area contributed by atoms with E-state index in [1.165, 1.54) is 31.2 Å². The molecule has 1 amide bonds. The van der Waals surface area contributed by atoms with Gasteiger partial charge < -0.3 is 15.2 Å². The fourth-order valence-electron chi connectivity index (χ4n) is 2.28. The molecule has 2 N–H and O–H groups in total. The van der Waals surface area contributed by atoms with Crippen LogP contribution in [0.5, 0.6) is 5.75 Å². The molecule has 134 valence electrons. The minimum Gasteiger partial charge on any atom is -0.480 e. The fourth-order valence-corrected chi connectivity index (χ4v) is 2.28. The van der Waals surface area contributed by atoms with E-state index in [4.69, 9.17) is 0 Å². The van der Waals surface area contributed by atoms with Crippen molar-refractivity contribution < 1.29 is 32.6 Å². The van der Waals surface area contributed by atoms with Crippen molar-refractivity contribution in [2.24, 2.45) is 0 Å². The molecule has 0 aliphatic rings. The molecule has 1 aromatic carbocycles. The lowest BCUT2D eigenvalue weighted by Gasteiger charge is -2.25. The van der Waals surface area contributed by atoms with Crippen LogP contribution >= 0.6 is 0 Å². The summed E-state index contributed by atoms with van der Waals surface area (Å²) in [5, 5.41) is 11.6. The highest BCUT2D eigenvalue weighted by molar-refractivity contribution is 5.86.